The standard InChI is InChI=1S/C24H35N3O3S2/c1-13(22(30)27-8-10-31-11-9-27)16-6-7-24(3)12-17-19(14(2)18(24)20(16)28)25-23(32-17)26-21(29)15-4-5-15/h13-16,18,20,28H,4-12H2,1-3H3,(H,25,26,29)/t13-,14+,16-,18+,20-,24+/m0/s1. The molecule has 5 rings (SSSR count). The first-order valence-corrected chi connectivity index (χ1v) is 14.1. The molecule has 6 nitrogen and oxygen atoms in total. The van der Waals surface area contributed by atoms with Crippen molar-refractivity contribution in [3.05, 3.63) is 10.6 Å². The summed E-state index contributed by atoms with van der Waals surface area (Å²) in [7, 11) is 0. The lowest BCUT2D eigenvalue weighted by Gasteiger charge is -2.53. The Bertz CT molecular complexity index is 895. The Morgan fingerprint density at radius 3 is 2.66 bits per heavy atom. The molecule has 0 bridgehead atoms. The van der Waals surface area contributed by atoms with Gasteiger partial charge in [0.25, 0.3) is 0 Å². The minimum absolute atomic E-state index is 0.00281. The van der Waals surface area contributed by atoms with Crippen LogP contribution in [-0.4, -0.2) is 57.5 Å². The molecule has 176 valence electrons. The first-order chi connectivity index (χ1) is 15.3. The zero-order chi connectivity index (χ0) is 22.6. The van der Waals surface area contributed by atoms with Crippen molar-refractivity contribution < 1.29 is 14.7 Å². The zero-order valence-corrected chi connectivity index (χ0v) is 20.9. The Morgan fingerprint density at radius 2 is 1.97 bits per heavy atom. The van der Waals surface area contributed by atoms with Gasteiger partial charge in [-0.2, -0.15) is 11.8 Å². The number of aliphatic hydroxyl groups excluding tert-OH is 1. The normalized spacial score (nSPS) is 35.6. The van der Waals surface area contributed by atoms with Crippen LogP contribution in [-0.2, 0) is 16.0 Å². The van der Waals surface area contributed by atoms with Crippen LogP contribution in [0.25, 0.3) is 0 Å². The molecule has 1 saturated heterocycles. The fourth-order valence-electron chi connectivity index (χ4n) is 6.41. The molecule has 0 unspecified atom stereocenters. The number of thioether (sulfide) groups is 1. The lowest BCUT2D eigenvalue weighted by atomic mass is 9.53. The van der Waals surface area contributed by atoms with Crippen molar-refractivity contribution in [2.75, 3.05) is 29.9 Å². The van der Waals surface area contributed by atoms with Gasteiger partial charge in [-0.3, -0.25) is 9.59 Å². The van der Waals surface area contributed by atoms with E-state index in [-0.39, 0.29) is 46.8 Å². The van der Waals surface area contributed by atoms with Crippen LogP contribution in [0.3, 0.4) is 0 Å². The molecule has 3 fully saturated rings. The highest BCUT2D eigenvalue weighted by atomic mass is 32.2. The Morgan fingerprint density at radius 1 is 1.25 bits per heavy atom. The number of aliphatic hydroxyl groups is 1. The number of carbonyl (C=O) groups is 2. The number of hydrogen-bond donors (Lipinski definition) is 2. The average Bonchev–Trinajstić information content (AvgIpc) is 3.55. The summed E-state index contributed by atoms with van der Waals surface area (Å²) in [6.07, 6.45) is 4.24. The van der Waals surface area contributed by atoms with Gasteiger partial charge in [-0.25, -0.2) is 4.98 Å². The number of amides is 2. The molecule has 0 aromatic carbocycles. The predicted octanol–water partition coefficient (Wildman–Crippen LogP) is 3.76. The van der Waals surface area contributed by atoms with Gasteiger partial charge >= 0.3 is 0 Å². The van der Waals surface area contributed by atoms with Gasteiger partial charge in [-0.15, -0.1) is 11.3 Å². The third-order valence-corrected chi connectivity index (χ3v) is 10.4. The van der Waals surface area contributed by atoms with E-state index in [1.54, 1.807) is 11.3 Å². The first-order valence-electron chi connectivity index (χ1n) is 12.1. The van der Waals surface area contributed by atoms with Gasteiger partial charge in [0.1, 0.15) is 0 Å². The number of carbonyl (C=O) groups excluding carboxylic acids is 2. The zero-order valence-electron chi connectivity index (χ0n) is 19.3. The molecule has 0 radical (unpaired) electrons. The third kappa shape index (κ3) is 4.00. The second-order valence-corrected chi connectivity index (χ2v) is 13.0. The maximum Gasteiger partial charge on any atom is 0.229 e. The highest BCUT2D eigenvalue weighted by Crippen LogP contribution is 2.57. The molecular formula is C24H35N3O3S2. The molecule has 2 N–H and O–H groups in total. The van der Waals surface area contributed by atoms with E-state index in [9.17, 15) is 14.7 Å². The fraction of sp³-hybridized carbons (Fsp3) is 0.792. The van der Waals surface area contributed by atoms with Gasteiger partial charge in [0, 0.05) is 47.2 Å². The lowest BCUT2D eigenvalue weighted by Crippen LogP contribution is -2.54. The summed E-state index contributed by atoms with van der Waals surface area (Å²) in [6.45, 7) is 8.14. The van der Waals surface area contributed by atoms with E-state index in [4.69, 9.17) is 4.98 Å². The van der Waals surface area contributed by atoms with Gasteiger partial charge < -0.3 is 15.3 Å². The van der Waals surface area contributed by atoms with E-state index in [0.29, 0.717) is 5.13 Å². The maximum absolute atomic E-state index is 13.2. The van der Waals surface area contributed by atoms with E-state index >= 15 is 0 Å². The topological polar surface area (TPSA) is 82.5 Å². The average molecular weight is 478 g/mol. The third-order valence-electron chi connectivity index (χ3n) is 8.45. The van der Waals surface area contributed by atoms with Crippen LogP contribution >= 0.6 is 23.1 Å². The molecule has 2 amide bonds. The Balaban J connectivity index is 1.34. The number of thiazole rings is 1. The number of anilines is 1. The molecule has 1 aromatic heterocycles. The summed E-state index contributed by atoms with van der Waals surface area (Å²) in [5.74, 6) is 2.51. The number of hydrogen-bond acceptors (Lipinski definition) is 6. The molecule has 1 aliphatic heterocycles. The van der Waals surface area contributed by atoms with Gasteiger partial charge in [-0.1, -0.05) is 20.8 Å². The Labute approximate surface area is 198 Å². The van der Waals surface area contributed by atoms with Gasteiger partial charge in [0.05, 0.1) is 11.8 Å². The lowest BCUT2D eigenvalue weighted by molar-refractivity contribution is -0.144. The first kappa shape index (κ1) is 22.7. The molecule has 32 heavy (non-hydrogen) atoms. The molecule has 2 heterocycles. The summed E-state index contributed by atoms with van der Waals surface area (Å²) in [5, 5.41) is 15.3. The van der Waals surface area contributed by atoms with E-state index in [0.717, 1.165) is 62.4 Å². The molecular weight excluding hydrogens is 442 g/mol. The summed E-state index contributed by atoms with van der Waals surface area (Å²) in [5.41, 5.74) is 1.03. The molecule has 3 aliphatic carbocycles. The maximum atomic E-state index is 13.2. The van der Waals surface area contributed by atoms with E-state index in [1.165, 1.54) is 4.88 Å². The van der Waals surface area contributed by atoms with Crippen molar-refractivity contribution in [1.29, 1.82) is 0 Å². The molecule has 6 atom stereocenters. The smallest absolute Gasteiger partial charge is 0.229 e. The Kier molecular flexibility index (Phi) is 6.08. The quantitative estimate of drug-likeness (QED) is 0.690. The Hall–Kier alpha value is -1.12. The van der Waals surface area contributed by atoms with Crippen LogP contribution < -0.4 is 5.32 Å². The van der Waals surface area contributed by atoms with Crippen molar-refractivity contribution in [3.63, 3.8) is 0 Å². The van der Waals surface area contributed by atoms with Crippen molar-refractivity contribution >= 4 is 40.0 Å². The van der Waals surface area contributed by atoms with E-state index < -0.39 is 6.10 Å². The molecule has 2 saturated carbocycles. The second kappa shape index (κ2) is 8.58. The number of aromatic nitrogens is 1. The van der Waals surface area contributed by atoms with Crippen LogP contribution in [0.4, 0.5) is 5.13 Å². The van der Waals surface area contributed by atoms with Gasteiger partial charge in [0.15, 0.2) is 5.13 Å². The van der Waals surface area contributed by atoms with Crippen molar-refractivity contribution in [2.45, 2.75) is 64.9 Å². The predicted molar refractivity (Wildman–Crippen MR) is 129 cm³/mol. The van der Waals surface area contributed by atoms with Crippen molar-refractivity contribution in [1.82, 2.24) is 9.88 Å². The number of nitrogens with one attached hydrogen (secondary N) is 1. The summed E-state index contributed by atoms with van der Waals surface area (Å²) >= 11 is 3.52. The SMILES string of the molecule is C[C@H](C(=O)N1CCSCC1)[C@@H]1CC[C@]2(C)Cc3sc(NC(=O)C4CC4)nc3[C@H](C)[C@@H]2[C@H]1O. The summed E-state index contributed by atoms with van der Waals surface area (Å²) in [6, 6.07) is 0. The molecule has 1 aromatic rings. The minimum atomic E-state index is -0.513. The number of rotatable bonds is 4. The highest BCUT2D eigenvalue weighted by Gasteiger charge is 2.54. The molecule has 4 aliphatic rings. The highest BCUT2D eigenvalue weighted by molar-refractivity contribution is 7.99. The second-order valence-electron chi connectivity index (χ2n) is 10.7. The van der Waals surface area contributed by atoms with Gasteiger partial charge in [-0.05, 0) is 49.4 Å². The molecule has 8 heteroatoms. The van der Waals surface area contributed by atoms with Crippen LogP contribution in [0.15, 0.2) is 0 Å². The summed E-state index contributed by atoms with van der Waals surface area (Å²) in [4.78, 5) is 33.5. The van der Waals surface area contributed by atoms with Crippen molar-refractivity contribution in [2.24, 2.45) is 29.1 Å². The van der Waals surface area contributed by atoms with Crippen LogP contribution in [0.1, 0.15) is 62.9 Å². The fourth-order valence-corrected chi connectivity index (χ4v) is 8.58. The van der Waals surface area contributed by atoms with E-state index in [1.807, 2.05) is 23.6 Å². The summed E-state index contributed by atoms with van der Waals surface area (Å²) < 4.78 is 0. The van der Waals surface area contributed by atoms with Crippen molar-refractivity contribution in [3.8, 4) is 0 Å². The number of nitrogens with zero attached hydrogens (tertiary/aromatic N) is 2. The van der Waals surface area contributed by atoms with Gasteiger partial charge in [0.2, 0.25) is 11.8 Å². The minimum Gasteiger partial charge on any atom is -0.392 e. The van der Waals surface area contributed by atoms with Crippen LogP contribution in [0, 0.1) is 29.1 Å². The van der Waals surface area contributed by atoms with Crippen LogP contribution in [0.5, 0.6) is 0 Å². The van der Waals surface area contributed by atoms with Crippen LogP contribution in [0.2, 0.25) is 0 Å². The largest absolute Gasteiger partial charge is 0.392 e. The number of fused-ring (bicyclic) bond motifs is 2. The molecule has 0 spiro atoms. The monoisotopic (exact) mass is 477 g/mol. The van der Waals surface area contributed by atoms with E-state index in [2.05, 4.69) is 19.2 Å².